The van der Waals surface area contributed by atoms with E-state index in [1.54, 1.807) is 0 Å². The van der Waals surface area contributed by atoms with Crippen molar-refractivity contribution < 1.29 is 9.32 Å². The van der Waals surface area contributed by atoms with Crippen molar-refractivity contribution in [3.05, 3.63) is 35.7 Å². The highest BCUT2D eigenvalue weighted by Crippen LogP contribution is 2.29. The maximum Gasteiger partial charge on any atom is 0.257 e. The van der Waals surface area contributed by atoms with Crippen LogP contribution < -0.4 is 5.32 Å². The predicted octanol–water partition coefficient (Wildman–Crippen LogP) is 2.54. The Morgan fingerprint density at radius 1 is 1.28 bits per heavy atom. The minimum atomic E-state index is 0.249. The summed E-state index contributed by atoms with van der Waals surface area (Å²) in [5, 5.41) is 7.30. The van der Waals surface area contributed by atoms with Crippen LogP contribution in [0.25, 0.3) is 11.5 Å². The fourth-order valence-corrected chi connectivity index (χ4v) is 3.31. The van der Waals surface area contributed by atoms with Gasteiger partial charge in [0.1, 0.15) is 0 Å². The van der Waals surface area contributed by atoms with Crippen LogP contribution in [0, 0.1) is 12.8 Å². The van der Waals surface area contributed by atoms with Crippen molar-refractivity contribution in [2.75, 3.05) is 13.1 Å². The quantitative estimate of drug-likeness (QED) is 0.906. The highest BCUT2D eigenvalue weighted by molar-refractivity contribution is 5.81. The molecule has 0 atom stereocenters. The highest BCUT2D eigenvalue weighted by Gasteiger charge is 2.31. The molecule has 1 aliphatic carbocycles. The Morgan fingerprint density at radius 3 is 2.80 bits per heavy atom. The third kappa shape index (κ3) is 4.07. The lowest BCUT2D eigenvalue weighted by molar-refractivity contribution is -0.123. The Balaban J connectivity index is 1.29. The molecule has 132 valence electrons. The van der Waals surface area contributed by atoms with Crippen molar-refractivity contribution in [3.8, 4) is 11.5 Å². The number of carbonyl (C=O) groups is 1. The third-order valence-electron chi connectivity index (χ3n) is 4.98. The molecule has 6 nitrogen and oxygen atoms in total. The van der Waals surface area contributed by atoms with E-state index in [4.69, 9.17) is 4.52 Å². The zero-order valence-electron chi connectivity index (χ0n) is 14.6. The van der Waals surface area contributed by atoms with E-state index < -0.39 is 0 Å². The van der Waals surface area contributed by atoms with Crippen molar-refractivity contribution in [3.63, 3.8) is 0 Å². The largest absolute Gasteiger partial charge is 0.353 e. The molecule has 25 heavy (non-hydrogen) atoms. The first-order chi connectivity index (χ1) is 12.2. The molecule has 1 amide bonds. The van der Waals surface area contributed by atoms with Gasteiger partial charge in [0, 0.05) is 30.6 Å². The Hall–Kier alpha value is -2.21. The summed E-state index contributed by atoms with van der Waals surface area (Å²) in [5.41, 5.74) is 2.13. The third-order valence-corrected chi connectivity index (χ3v) is 4.98. The maximum atomic E-state index is 11.9. The average Bonchev–Trinajstić information content (AvgIpc) is 3.36. The van der Waals surface area contributed by atoms with Gasteiger partial charge in [0.05, 0.1) is 6.54 Å². The topological polar surface area (TPSA) is 71.3 Å². The van der Waals surface area contributed by atoms with Crippen LogP contribution >= 0.6 is 0 Å². The summed E-state index contributed by atoms with van der Waals surface area (Å²) in [6.45, 7) is 4.64. The van der Waals surface area contributed by atoms with Crippen LogP contribution in [0.1, 0.15) is 37.1 Å². The van der Waals surface area contributed by atoms with Crippen molar-refractivity contribution in [2.24, 2.45) is 5.92 Å². The second kappa shape index (κ2) is 6.96. The van der Waals surface area contributed by atoms with Gasteiger partial charge in [-0.25, -0.2) is 0 Å². The first kappa shape index (κ1) is 16.3. The van der Waals surface area contributed by atoms with E-state index in [1.807, 2.05) is 31.2 Å². The van der Waals surface area contributed by atoms with Crippen LogP contribution in [0.15, 0.2) is 28.8 Å². The summed E-state index contributed by atoms with van der Waals surface area (Å²) in [6.07, 6.45) is 4.10. The molecular weight excluding hydrogens is 316 g/mol. The molecule has 1 saturated carbocycles. The number of piperidine rings is 1. The second-order valence-electron chi connectivity index (χ2n) is 7.22. The monoisotopic (exact) mass is 340 g/mol. The van der Waals surface area contributed by atoms with Crippen LogP contribution in [0.5, 0.6) is 0 Å². The van der Waals surface area contributed by atoms with Gasteiger partial charge in [0.2, 0.25) is 5.91 Å². The van der Waals surface area contributed by atoms with Gasteiger partial charge in [0.15, 0.2) is 5.82 Å². The summed E-state index contributed by atoms with van der Waals surface area (Å²) in [7, 11) is 0. The van der Waals surface area contributed by atoms with Crippen molar-refractivity contribution in [2.45, 2.75) is 45.2 Å². The molecule has 6 heteroatoms. The lowest BCUT2D eigenvalue weighted by atomic mass is 10.0. The number of amides is 1. The number of benzene rings is 1. The molecule has 0 spiro atoms. The number of carbonyl (C=O) groups excluding carboxylic acids is 1. The Morgan fingerprint density at radius 2 is 2.08 bits per heavy atom. The molecule has 1 saturated heterocycles. The number of aryl methyl sites for hydroxylation is 1. The van der Waals surface area contributed by atoms with E-state index in [0.29, 0.717) is 18.5 Å². The number of hydrogen-bond donors (Lipinski definition) is 1. The van der Waals surface area contributed by atoms with Gasteiger partial charge in [-0.1, -0.05) is 22.9 Å². The van der Waals surface area contributed by atoms with Crippen LogP contribution in [-0.2, 0) is 11.3 Å². The van der Waals surface area contributed by atoms with Gasteiger partial charge in [-0.05, 0) is 44.7 Å². The molecule has 1 aromatic carbocycles. The molecule has 0 unspecified atom stereocenters. The van der Waals surface area contributed by atoms with Crippen molar-refractivity contribution in [1.29, 1.82) is 0 Å². The van der Waals surface area contributed by atoms with Gasteiger partial charge < -0.3 is 9.84 Å². The summed E-state index contributed by atoms with van der Waals surface area (Å²) in [5.74, 6) is 1.83. The van der Waals surface area contributed by atoms with E-state index in [2.05, 4.69) is 20.4 Å². The van der Waals surface area contributed by atoms with Crippen LogP contribution in [0.2, 0.25) is 0 Å². The Bertz CT molecular complexity index is 745. The molecular formula is C19H24N4O2. The molecule has 2 fully saturated rings. The molecule has 2 aromatic rings. The first-order valence-corrected chi connectivity index (χ1v) is 9.10. The predicted molar refractivity (Wildman–Crippen MR) is 93.6 cm³/mol. The summed E-state index contributed by atoms with van der Waals surface area (Å²) in [6, 6.07) is 8.39. The van der Waals surface area contributed by atoms with E-state index in [9.17, 15) is 4.79 Å². The van der Waals surface area contributed by atoms with E-state index in [0.717, 1.165) is 50.2 Å². The normalized spacial score (nSPS) is 19.1. The maximum absolute atomic E-state index is 11.9. The molecule has 1 aliphatic heterocycles. The second-order valence-corrected chi connectivity index (χ2v) is 7.22. The van der Waals surface area contributed by atoms with Gasteiger partial charge in [-0.3, -0.25) is 9.69 Å². The van der Waals surface area contributed by atoms with Crippen molar-refractivity contribution >= 4 is 5.91 Å². The Kier molecular flexibility index (Phi) is 4.53. The van der Waals surface area contributed by atoms with Gasteiger partial charge in [-0.15, -0.1) is 0 Å². The van der Waals surface area contributed by atoms with E-state index in [1.165, 1.54) is 5.56 Å². The smallest absolute Gasteiger partial charge is 0.257 e. The van der Waals surface area contributed by atoms with Gasteiger partial charge in [0.25, 0.3) is 5.89 Å². The van der Waals surface area contributed by atoms with Gasteiger partial charge in [-0.2, -0.15) is 4.98 Å². The molecule has 1 N–H and O–H groups in total. The number of hydrogen-bond acceptors (Lipinski definition) is 5. The number of nitrogens with zero attached hydrogens (tertiary/aromatic N) is 3. The number of likely N-dealkylation sites (tertiary alicyclic amines) is 1. The fraction of sp³-hybridized carbons (Fsp3) is 0.526. The molecule has 0 radical (unpaired) electrons. The van der Waals surface area contributed by atoms with Crippen LogP contribution in [0.3, 0.4) is 0 Å². The SMILES string of the molecule is Cc1cccc(-c2nc(CN3CCC(NC(=O)C4CC4)CC3)no2)c1. The number of rotatable bonds is 5. The first-order valence-electron chi connectivity index (χ1n) is 9.10. The average molecular weight is 340 g/mol. The van der Waals surface area contributed by atoms with E-state index >= 15 is 0 Å². The molecule has 2 aliphatic rings. The van der Waals surface area contributed by atoms with Gasteiger partial charge >= 0.3 is 0 Å². The highest BCUT2D eigenvalue weighted by atomic mass is 16.5. The number of nitrogens with one attached hydrogen (secondary N) is 1. The molecule has 0 bridgehead atoms. The van der Waals surface area contributed by atoms with Crippen molar-refractivity contribution in [1.82, 2.24) is 20.4 Å². The molecule has 4 rings (SSSR count). The zero-order chi connectivity index (χ0) is 17.2. The molecule has 2 heterocycles. The molecule has 1 aromatic heterocycles. The fourth-order valence-electron chi connectivity index (χ4n) is 3.31. The van der Waals surface area contributed by atoms with E-state index in [-0.39, 0.29) is 11.8 Å². The summed E-state index contributed by atoms with van der Waals surface area (Å²) < 4.78 is 5.41. The van der Waals surface area contributed by atoms with Crippen LogP contribution in [0.4, 0.5) is 0 Å². The minimum Gasteiger partial charge on any atom is -0.353 e. The Labute approximate surface area is 147 Å². The summed E-state index contributed by atoms with van der Waals surface area (Å²) >= 11 is 0. The minimum absolute atomic E-state index is 0.249. The lowest BCUT2D eigenvalue weighted by Gasteiger charge is -2.31. The van der Waals surface area contributed by atoms with Crippen LogP contribution in [-0.4, -0.2) is 40.1 Å². The summed E-state index contributed by atoms with van der Waals surface area (Å²) in [4.78, 5) is 18.7. The zero-order valence-corrected chi connectivity index (χ0v) is 14.6. The standard InChI is InChI=1S/C19H24N4O2/c1-13-3-2-4-15(11-13)19-21-17(22-25-19)12-23-9-7-16(8-10-23)20-18(24)14-5-6-14/h2-4,11,14,16H,5-10,12H2,1H3,(H,20,24). The number of aromatic nitrogens is 2. The lowest BCUT2D eigenvalue weighted by Crippen LogP contribution is -2.44.